The predicted octanol–water partition coefficient (Wildman–Crippen LogP) is 3.14. The van der Waals surface area contributed by atoms with Crippen molar-refractivity contribution in [2.24, 2.45) is 0 Å². The lowest BCUT2D eigenvalue weighted by Gasteiger charge is -2.20. The molecule has 3 rings (SSSR count). The second kappa shape index (κ2) is 5.63. The lowest BCUT2D eigenvalue weighted by atomic mass is 10.0. The molecule has 3 heteroatoms. The van der Waals surface area contributed by atoms with Crippen molar-refractivity contribution in [3.05, 3.63) is 48.0 Å². The Bertz CT molecular complexity index is 612. The summed E-state index contributed by atoms with van der Waals surface area (Å²) >= 11 is 0. The lowest BCUT2D eigenvalue weighted by molar-refractivity contribution is 0.0713. The monoisotopic (exact) mass is 269 g/mol. The van der Waals surface area contributed by atoms with Gasteiger partial charge in [-0.3, -0.25) is 4.79 Å². The Balaban J connectivity index is 1.81. The highest BCUT2D eigenvalue weighted by Gasteiger charge is 2.24. The summed E-state index contributed by atoms with van der Waals surface area (Å²) in [7, 11) is 0. The third kappa shape index (κ3) is 2.54. The Morgan fingerprint density at radius 2 is 2.05 bits per heavy atom. The fraction of sp³-hybridized carbons (Fsp3) is 0.353. The molecule has 1 aliphatic rings. The number of carbonyl (C=O) groups excluding carboxylic acids is 1. The van der Waals surface area contributed by atoms with Gasteiger partial charge in [-0.15, -0.1) is 0 Å². The Labute approximate surface area is 118 Å². The molecule has 20 heavy (non-hydrogen) atoms. The van der Waals surface area contributed by atoms with E-state index in [2.05, 4.69) is 5.32 Å². The van der Waals surface area contributed by atoms with Crippen molar-refractivity contribution in [2.75, 3.05) is 6.61 Å². The standard InChI is InChI=1S/C17H19NO2/c1-12(16-10-5-11-20-16)18-17(19)15-9-4-7-13-6-2-3-8-14(13)15/h2-4,6-9,12,16H,5,10-11H2,1H3,(H,18,19)/t12-,16+/m0/s1. The number of amides is 1. The minimum atomic E-state index is -0.0233. The van der Waals surface area contributed by atoms with E-state index in [1.54, 1.807) is 0 Å². The van der Waals surface area contributed by atoms with E-state index in [9.17, 15) is 4.79 Å². The van der Waals surface area contributed by atoms with Crippen LogP contribution in [-0.2, 0) is 4.74 Å². The van der Waals surface area contributed by atoms with Crippen LogP contribution in [0.1, 0.15) is 30.1 Å². The Hall–Kier alpha value is -1.87. The number of hydrogen-bond donors (Lipinski definition) is 1. The molecule has 2 aromatic rings. The zero-order valence-electron chi connectivity index (χ0n) is 11.6. The van der Waals surface area contributed by atoms with Gasteiger partial charge in [0, 0.05) is 12.2 Å². The number of fused-ring (bicyclic) bond motifs is 1. The number of benzene rings is 2. The number of ether oxygens (including phenoxy) is 1. The number of rotatable bonds is 3. The van der Waals surface area contributed by atoms with Crippen molar-refractivity contribution < 1.29 is 9.53 Å². The molecule has 2 aromatic carbocycles. The van der Waals surface area contributed by atoms with Crippen LogP contribution < -0.4 is 5.32 Å². The maximum absolute atomic E-state index is 12.5. The molecule has 1 amide bonds. The maximum atomic E-state index is 12.5. The van der Waals surface area contributed by atoms with Gasteiger partial charge in [0.15, 0.2) is 0 Å². The van der Waals surface area contributed by atoms with E-state index in [0.717, 1.165) is 35.8 Å². The van der Waals surface area contributed by atoms with Gasteiger partial charge in [-0.2, -0.15) is 0 Å². The highest BCUT2D eigenvalue weighted by molar-refractivity contribution is 6.07. The smallest absolute Gasteiger partial charge is 0.252 e. The largest absolute Gasteiger partial charge is 0.376 e. The highest BCUT2D eigenvalue weighted by Crippen LogP contribution is 2.20. The quantitative estimate of drug-likeness (QED) is 0.929. The molecule has 0 saturated carbocycles. The van der Waals surface area contributed by atoms with Crippen LogP contribution >= 0.6 is 0 Å². The maximum Gasteiger partial charge on any atom is 0.252 e. The summed E-state index contributed by atoms with van der Waals surface area (Å²) in [4.78, 5) is 12.5. The zero-order valence-corrected chi connectivity index (χ0v) is 11.6. The van der Waals surface area contributed by atoms with E-state index < -0.39 is 0 Å². The summed E-state index contributed by atoms with van der Waals surface area (Å²) in [6.45, 7) is 2.82. The van der Waals surface area contributed by atoms with Gasteiger partial charge in [0.25, 0.3) is 5.91 Å². The van der Waals surface area contributed by atoms with Gasteiger partial charge < -0.3 is 10.1 Å². The van der Waals surface area contributed by atoms with Crippen LogP contribution in [0.4, 0.5) is 0 Å². The molecule has 104 valence electrons. The van der Waals surface area contributed by atoms with Crippen molar-refractivity contribution in [1.29, 1.82) is 0 Å². The van der Waals surface area contributed by atoms with Gasteiger partial charge in [-0.1, -0.05) is 36.4 Å². The molecule has 1 fully saturated rings. The molecule has 0 unspecified atom stereocenters. The minimum absolute atomic E-state index is 0.0233. The molecular weight excluding hydrogens is 250 g/mol. The van der Waals surface area contributed by atoms with Crippen LogP contribution in [-0.4, -0.2) is 24.7 Å². The molecule has 1 aliphatic heterocycles. The molecule has 1 N–H and O–H groups in total. The fourth-order valence-corrected chi connectivity index (χ4v) is 2.80. The molecule has 1 heterocycles. The average Bonchev–Trinajstić information content (AvgIpc) is 3.01. The van der Waals surface area contributed by atoms with Crippen LogP contribution in [0.3, 0.4) is 0 Å². The molecule has 2 atom stereocenters. The second-order valence-corrected chi connectivity index (χ2v) is 5.34. The Morgan fingerprint density at radius 1 is 1.25 bits per heavy atom. The van der Waals surface area contributed by atoms with Crippen LogP contribution in [0.2, 0.25) is 0 Å². The van der Waals surface area contributed by atoms with Gasteiger partial charge in [0.2, 0.25) is 0 Å². The van der Waals surface area contributed by atoms with Gasteiger partial charge in [-0.05, 0) is 36.6 Å². The van der Waals surface area contributed by atoms with Crippen LogP contribution in [0.5, 0.6) is 0 Å². The van der Waals surface area contributed by atoms with Gasteiger partial charge >= 0.3 is 0 Å². The zero-order chi connectivity index (χ0) is 13.9. The lowest BCUT2D eigenvalue weighted by Crippen LogP contribution is -2.40. The first-order chi connectivity index (χ1) is 9.75. The van der Waals surface area contributed by atoms with E-state index in [1.807, 2.05) is 49.4 Å². The fourth-order valence-electron chi connectivity index (χ4n) is 2.80. The van der Waals surface area contributed by atoms with Crippen molar-refractivity contribution in [3.63, 3.8) is 0 Å². The number of nitrogens with one attached hydrogen (secondary N) is 1. The second-order valence-electron chi connectivity index (χ2n) is 5.34. The summed E-state index contributed by atoms with van der Waals surface area (Å²) < 4.78 is 5.62. The van der Waals surface area contributed by atoms with Crippen LogP contribution in [0.25, 0.3) is 10.8 Å². The van der Waals surface area contributed by atoms with Gasteiger partial charge in [0.1, 0.15) is 0 Å². The summed E-state index contributed by atoms with van der Waals surface area (Å²) in [6.07, 6.45) is 2.25. The van der Waals surface area contributed by atoms with Gasteiger partial charge in [0.05, 0.1) is 12.1 Å². The van der Waals surface area contributed by atoms with E-state index in [1.165, 1.54) is 0 Å². The number of carbonyl (C=O) groups is 1. The summed E-state index contributed by atoms with van der Waals surface area (Å²) in [5.41, 5.74) is 0.730. The first kappa shape index (κ1) is 13.1. The first-order valence-corrected chi connectivity index (χ1v) is 7.16. The molecule has 0 aromatic heterocycles. The van der Waals surface area contributed by atoms with E-state index in [0.29, 0.717) is 0 Å². The topological polar surface area (TPSA) is 38.3 Å². The minimum Gasteiger partial charge on any atom is -0.376 e. The summed E-state index contributed by atoms with van der Waals surface area (Å²) in [6, 6.07) is 13.8. The van der Waals surface area contributed by atoms with Crippen molar-refractivity contribution in [2.45, 2.75) is 31.9 Å². The van der Waals surface area contributed by atoms with Crippen molar-refractivity contribution in [1.82, 2.24) is 5.32 Å². The molecule has 0 bridgehead atoms. The molecule has 0 spiro atoms. The predicted molar refractivity (Wildman–Crippen MR) is 79.9 cm³/mol. The summed E-state index contributed by atoms with van der Waals surface area (Å²) in [5.74, 6) is -0.0233. The molecular formula is C17H19NO2. The van der Waals surface area contributed by atoms with Crippen LogP contribution in [0.15, 0.2) is 42.5 Å². The third-order valence-corrected chi connectivity index (χ3v) is 3.92. The number of hydrogen-bond acceptors (Lipinski definition) is 2. The third-order valence-electron chi connectivity index (χ3n) is 3.92. The van der Waals surface area contributed by atoms with Crippen molar-refractivity contribution in [3.8, 4) is 0 Å². The molecule has 0 radical (unpaired) electrons. The van der Waals surface area contributed by atoms with E-state index in [-0.39, 0.29) is 18.1 Å². The van der Waals surface area contributed by atoms with Crippen molar-refractivity contribution >= 4 is 16.7 Å². The SMILES string of the molecule is C[C@H](NC(=O)c1cccc2ccccc12)[C@H]1CCCO1. The Kier molecular flexibility index (Phi) is 3.70. The normalized spacial score (nSPS) is 19.9. The van der Waals surface area contributed by atoms with Crippen LogP contribution in [0, 0.1) is 0 Å². The highest BCUT2D eigenvalue weighted by atomic mass is 16.5. The average molecular weight is 269 g/mol. The molecule has 3 nitrogen and oxygen atoms in total. The van der Waals surface area contributed by atoms with Gasteiger partial charge in [-0.25, -0.2) is 0 Å². The first-order valence-electron chi connectivity index (χ1n) is 7.16. The van der Waals surface area contributed by atoms with E-state index in [4.69, 9.17) is 4.74 Å². The Morgan fingerprint density at radius 3 is 2.85 bits per heavy atom. The molecule has 1 saturated heterocycles. The molecule has 0 aliphatic carbocycles. The van der Waals surface area contributed by atoms with E-state index >= 15 is 0 Å². The summed E-state index contributed by atoms with van der Waals surface area (Å²) in [5, 5.41) is 5.15.